The average Bonchev–Trinajstić information content (AvgIpc) is 2.30. The predicted molar refractivity (Wildman–Crippen MR) is 62.6 cm³/mol. The summed E-state index contributed by atoms with van der Waals surface area (Å²) in [5.74, 6) is 0. The summed E-state index contributed by atoms with van der Waals surface area (Å²) in [5, 5.41) is 9.47. The Labute approximate surface area is 116 Å². The fourth-order valence-corrected chi connectivity index (χ4v) is 2.54. The molecule has 0 saturated carbocycles. The molecule has 0 radical (unpaired) electrons. The van der Waals surface area contributed by atoms with E-state index in [-0.39, 0.29) is 5.41 Å². The van der Waals surface area contributed by atoms with Crippen LogP contribution in [0.15, 0.2) is 22.3 Å². The fourth-order valence-electron chi connectivity index (χ4n) is 2.10. The molecular weight excluding hydrogens is 310 g/mol. The van der Waals surface area contributed by atoms with Crippen LogP contribution >= 0.6 is 20.1 Å². The van der Waals surface area contributed by atoms with E-state index in [0.29, 0.717) is 0 Å². The van der Waals surface area contributed by atoms with Gasteiger partial charge in [-0.2, -0.15) is 0 Å². The summed E-state index contributed by atoms with van der Waals surface area (Å²) in [4.78, 5) is 0. The van der Waals surface area contributed by atoms with Gasteiger partial charge in [-0.1, -0.05) is 31.0 Å². The van der Waals surface area contributed by atoms with Gasteiger partial charge in [0, 0.05) is 5.41 Å². The molecule has 0 bridgehead atoms. The second-order valence-electron chi connectivity index (χ2n) is 4.25. The predicted octanol–water partition coefficient (Wildman–Crippen LogP) is 3.92. The van der Waals surface area contributed by atoms with Crippen molar-refractivity contribution >= 4 is 20.1 Å². The van der Waals surface area contributed by atoms with E-state index in [9.17, 15) is 5.11 Å². The Morgan fingerprint density at radius 2 is 1.53 bits per heavy atom. The van der Waals surface area contributed by atoms with E-state index < -0.39 is 5.56 Å². The van der Waals surface area contributed by atoms with Gasteiger partial charge < -0.3 is 5.11 Å². The minimum atomic E-state index is -0.859. The second kappa shape index (κ2) is 6.00. The molecule has 0 aliphatic heterocycles. The number of aliphatic hydroxyl groups excluding tert-OH is 1. The van der Waals surface area contributed by atoms with Gasteiger partial charge in [0.25, 0.3) is 0 Å². The average molecular weight is 327 g/mol. The number of allylic oxidation sites excluding steroid dienone is 3. The van der Waals surface area contributed by atoms with Gasteiger partial charge in [-0.3, -0.25) is 0 Å². The van der Waals surface area contributed by atoms with Gasteiger partial charge in [0.2, 0.25) is 0 Å². The number of hydrogen-bond acceptors (Lipinski definition) is 1. The van der Waals surface area contributed by atoms with Crippen molar-refractivity contribution in [1.82, 2.24) is 0 Å². The molecule has 0 aromatic rings. The monoisotopic (exact) mass is 325 g/mol. The van der Waals surface area contributed by atoms with Crippen LogP contribution in [0.2, 0.25) is 0 Å². The third-order valence-corrected chi connectivity index (χ3v) is 3.60. The van der Waals surface area contributed by atoms with Crippen LogP contribution in [0.5, 0.6) is 0 Å². The van der Waals surface area contributed by atoms with E-state index in [1.54, 1.807) is 0 Å². The van der Waals surface area contributed by atoms with E-state index in [1.807, 2.05) is 6.92 Å². The first-order valence-electron chi connectivity index (χ1n) is 4.70. The Morgan fingerprint density at radius 1 is 1.13 bits per heavy atom. The number of hydrogen-bond donors (Lipinski definition) is 1. The van der Waals surface area contributed by atoms with Crippen LogP contribution in [0.1, 0.15) is 34.6 Å². The van der Waals surface area contributed by atoms with Crippen LogP contribution in [-0.2, 0) is 23.5 Å². The van der Waals surface area contributed by atoms with Gasteiger partial charge in [0.15, 0.2) is 5.56 Å². The normalized spacial score (nSPS) is 21.3. The maximum atomic E-state index is 9.47. The SMILES string of the molecule is CC1=C(C)C(C)(C)C(C(O)Cl)=C1C.[Cl][Zr]. The summed E-state index contributed by atoms with van der Waals surface area (Å²) in [7, 11) is 4.73. The van der Waals surface area contributed by atoms with Crippen LogP contribution in [-0.4, -0.2) is 10.7 Å². The first kappa shape index (κ1) is 15.9. The van der Waals surface area contributed by atoms with Crippen LogP contribution in [0.3, 0.4) is 0 Å². The summed E-state index contributed by atoms with van der Waals surface area (Å²) in [6, 6.07) is 0. The third-order valence-electron chi connectivity index (χ3n) is 3.38. The van der Waals surface area contributed by atoms with E-state index in [4.69, 9.17) is 20.1 Å². The molecule has 1 atom stereocenters. The Bertz CT molecular complexity index is 304. The molecule has 1 N–H and O–H groups in total. The Balaban J connectivity index is 0.000000921. The Hall–Kier alpha value is 0.903. The van der Waals surface area contributed by atoms with Crippen molar-refractivity contribution in [2.75, 3.05) is 0 Å². The van der Waals surface area contributed by atoms with Gasteiger partial charge in [0.05, 0.1) is 0 Å². The topological polar surface area (TPSA) is 20.2 Å². The molecule has 15 heavy (non-hydrogen) atoms. The van der Waals surface area contributed by atoms with E-state index in [0.717, 1.165) is 34.7 Å². The number of alkyl halides is 1. The summed E-state index contributed by atoms with van der Waals surface area (Å²) < 4.78 is 0. The summed E-state index contributed by atoms with van der Waals surface area (Å²) in [6.07, 6.45) is 0. The third kappa shape index (κ3) is 2.97. The molecular formula is C11H17Cl2OZr. The molecule has 4 heteroatoms. The van der Waals surface area contributed by atoms with E-state index >= 15 is 0 Å². The van der Waals surface area contributed by atoms with Crippen molar-refractivity contribution < 1.29 is 28.6 Å². The van der Waals surface area contributed by atoms with Gasteiger partial charge in [-0.25, -0.2) is 0 Å². The minimum absolute atomic E-state index is 0.0880. The van der Waals surface area contributed by atoms with Crippen molar-refractivity contribution in [3.8, 4) is 0 Å². The molecule has 1 aliphatic carbocycles. The summed E-state index contributed by atoms with van der Waals surface area (Å²) in [5.41, 5.74) is 3.71. The molecule has 0 saturated heterocycles. The molecule has 0 aromatic carbocycles. The van der Waals surface area contributed by atoms with Crippen LogP contribution in [0.4, 0.5) is 0 Å². The zero-order chi connectivity index (χ0) is 12.4. The first-order chi connectivity index (χ1) is 6.80. The van der Waals surface area contributed by atoms with Crippen molar-refractivity contribution in [2.24, 2.45) is 5.41 Å². The number of halogens is 2. The van der Waals surface area contributed by atoms with Crippen molar-refractivity contribution in [2.45, 2.75) is 40.2 Å². The molecule has 1 aliphatic rings. The molecule has 1 rings (SSSR count). The molecule has 85 valence electrons. The quantitative estimate of drug-likeness (QED) is 0.724. The molecule has 0 fully saturated rings. The first-order valence-corrected chi connectivity index (χ1v) is 8.31. The summed E-state index contributed by atoms with van der Waals surface area (Å²) >= 11 is 6.79. The van der Waals surface area contributed by atoms with Crippen molar-refractivity contribution in [1.29, 1.82) is 0 Å². The van der Waals surface area contributed by atoms with Gasteiger partial charge in [-0.15, -0.1) is 0 Å². The van der Waals surface area contributed by atoms with E-state index in [1.165, 1.54) is 11.1 Å². The zero-order valence-corrected chi connectivity index (χ0v) is 13.8. The van der Waals surface area contributed by atoms with Crippen molar-refractivity contribution in [3.05, 3.63) is 22.3 Å². The Morgan fingerprint density at radius 3 is 1.67 bits per heavy atom. The maximum absolute atomic E-state index is 9.47. The second-order valence-corrected chi connectivity index (χ2v) is 4.66. The van der Waals surface area contributed by atoms with Crippen molar-refractivity contribution in [3.63, 3.8) is 0 Å². The molecule has 1 nitrogen and oxygen atoms in total. The number of rotatable bonds is 1. The fraction of sp³-hybridized carbons (Fsp3) is 0.636. The molecule has 0 heterocycles. The van der Waals surface area contributed by atoms with Gasteiger partial charge in [-0.05, 0) is 37.5 Å². The van der Waals surface area contributed by atoms with Gasteiger partial charge >= 0.3 is 32.0 Å². The number of aliphatic hydroxyl groups is 1. The van der Waals surface area contributed by atoms with Crippen LogP contribution in [0, 0.1) is 5.41 Å². The molecule has 0 amide bonds. The molecule has 0 spiro atoms. The van der Waals surface area contributed by atoms with Gasteiger partial charge in [0.1, 0.15) is 0 Å². The van der Waals surface area contributed by atoms with Crippen LogP contribution in [0.25, 0.3) is 0 Å². The standard InChI is InChI=1S/C11H17ClO.ClH.Zr/c1-6-7(2)9(10(12)13)11(4,5)8(6)3;;/h10,13H,1-5H3;1H;/q;;+1/p-1. The molecule has 0 aromatic heterocycles. The van der Waals surface area contributed by atoms with E-state index in [2.05, 4.69) is 27.7 Å². The van der Waals surface area contributed by atoms with Crippen LogP contribution < -0.4 is 0 Å². The Kier molecular flexibility index (Phi) is 6.37. The zero-order valence-electron chi connectivity index (χ0n) is 9.78. The molecule has 1 unspecified atom stereocenters. The summed E-state index contributed by atoms with van der Waals surface area (Å²) in [6.45, 7) is 10.4.